The predicted molar refractivity (Wildman–Crippen MR) is 61.0 cm³/mol. The molecule has 4 heteroatoms. The fraction of sp³-hybridized carbons (Fsp3) is 0.833. The Labute approximate surface area is 96.6 Å². The summed E-state index contributed by atoms with van der Waals surface area (Å²) in [6.07, 6.45) is 3.36. The lowest BCUT2D eigenvalue weighted by Gasteiger charge is -2.35. The Morgan fingerprint density at radius 1 is 1.19 bits per heavy atom. The number of rotatable bonds is 1. The summed E-state index contributed by atoms with van der Waals surface area (Å²) in [4.78, 5) is 27.9. The van der Waals surface area contributed by atoms with Gasteiger partial charge in [0, 0.05) is 32.6 Å². The van der Waals surface area contributed by atoms with Gasteiger partial charge in [-0.2, -0.15) is 0 Å². The number of Topliss-reactive ketones (excluding diaryl/α,β-unsaturated/α-hetero) is 1. The third-order valence-electron chi connectivity index (χ3n) is 3.67. The second kappa shape index (κ2) is 4.95. The molecule has 0 radical (unpaired) electrons. The Morgan fingerprint density at radius 3 is 2.50 bits per heavy atom. The summed E-state index contributed by atoms with van der Waals surface area (Å²) < 4.78 is 0. The largest absolute Gasteiger partial charge is 0.340 e. The SMILES string of the molecule is CN1CCN(C(=O)C2CCCCC2=O)CC1. The predicted octanol–water partition coefficient (Wildman–Crippen LogP) is 0.520. The molecule has 0 aromatic heterocycles. The second-order valence-corrected chi connectivity index (χ2v) is 4.89. The molecule has 0 spiro atoms. The van der Waals surface area contributed by atoms with Gasteiger partial charge < -0.3 is 9.80 Å². The van der Waals surface area contributed by atoms with Crippen molar-refractivity contribution in [3.63, 3.8) is 0 Å². The molecule has 1 aliphatic heterocycles. The quantitative estimate of drug-likeness (QED) is 0.610. The summed E-state index contributed by atoms with van der Waals surface area (Å²) in [7, 11) is 2.06. The summed E-state index contributed by atoms with van der Waals surface area (Å²) in [6, 6.07) is 0. The van der Waals surface area contributed by atoms with Crippen LogP contribution in [0, 0.1) is 5.92 Å². The van der Waals surface area contributed by atoms with E-state index in [0.717, 1.165) is 45.4 Å². The van der Waals surface area contributed by atoms with Crippen LogP contribution in [0.15, 0.2) is 0 Å². The van der Waals surface area contributed by atoms with Gasteiger partial charge in [0.2, 0.25) is 5.91 Å². The molecule has 1 atom stereocenters. The lowest BCUT2D eigenvalue weighted by Crippen LogP contribution is -2.50. The fourth-order valence-corrected chi connectivity index (χ4v) is 2.49. The van der Waals surface area contributed by atoms with Crippen molar-refractivity contribution in [3.05, 3.63) is 0 Å². The average Bonchev–Trinajstić information content (AvgIpc) is 2.30. The zero-order chi connectivity index (χ0) is 11.5. The van der Waals surface area contributed by atoms with Crippen molar-refractivity contribution in [2.24, 2.45) is 5.92 Å². The number of hydrogen-bond acceptors (Lipinski definition) is 3. The molecule has 0 N–H and O–H groups in total. The first-order valence-electron chi connectivity index (χ1n) is 6.18. The summed E-state index contributed by atoms with van der Waals surface area (Å²) in [6.45, 7) is 3.40. The van der Waals surface area contributed by atoms with Crippen molar-refractivity contribution in [1.82, 2.24) is 9.80 Å². The third-order valence-corrected chi connectivity index (χ3v) is 3.67. The molecule has 1 unspecified atom stereocenters. The fourth-order valence-electron chi connectivity index (χ4n) is 2.49. The number of carbonyl (C=O) groups excluding carboxylic acids is 2. The van der Waals surface area contributed by atoms with Gasteiger partial charge >= 0.3 is 0 Å². The third kappa shape index (κ3) is 2.43. The van der Waals surface area contributed by atoms with Crippen molar-refractivity contribution in [3.8, 4) is 0 Å². The number of carbonyl (C=O) groups is 2. The van der Waals surface area contributed by atoms with Crippen LogP contribution in [0.25, 0.3) is 0 Å². The smallest absolute Gasteiger partial charge is 0.233 e. The molecule has 4 nitrogen and oxygen atoms in total. The van der Waals surface area contributed by atoms with Crippen molar-refractivity contribution in [2.75, 3.05) is 33.2 Å². The number of ketones is 1. The summed E-state index contributed by atoms with van der Waals surface area (Å²) >= 11 is 0. The van der Waals surface area contributed by atoms with Crippen LogP contribution in [-0.2, 0) is 9.59 Å². The maximum Gasteiger partial charge on any atom is 0.233 e. The van der Waals surface area contributed by atoms with Crippen molar-refractivity contribution in [2.45, 2.75) is 25.7 Å². The van der Waals surface area contributed by atoms with Gasteiger partial charge in [0.15, 0.2) is 0 Å². The van der Waals surface area contributed by atoms with E-state index >= 15 is 0 Å². The molecule has 0 bridgehead atoms. The van der Waals surface area contributed by atoms with Gasteiger partial charge in [-0.3, -0.25) is 9.59 Å². The lowest BCUT2D eigenvalue weighted by atomic mass is 9.87. The highest BCUT2D eigenvalue weighted by Crippen LogP contribution is 2.22. The van der Waals surface area contributed by atoms with Crippen LogP contribution >= 0.6 is 0 Å². The number of likely N-dealkylation sites (N-methyl/N-ethyl adjacent to an activating group) is 1. The molecule has 2 rings (SSSR count). The van der Waals surface area contributed by atoms with E-state index in [1.807, 2.05) is 4.90 Å². The molecule has 90 valence electrons. The van der Waals surface area contributed by atoms with E-state index in [1.54, 1.807) is 0 Å². The first kappa shape index (κ1) is 11.6. The van der Waals surface area contributed by atoms with Crippen LogP contribution in [-0.4, -0.2) is 54.7 Å². The lowest BCUT2D eigenvalue weighted by molar-refractivity contribution is -0.143. The molecule has 2 fully saturated rings. The van der Waals surface area contributed by atoms with E-state index in [2.05, 4.69) is 11.9 Å². The van der Waals surface area contributed by atoms with Crippen LogP contribution in [0.5, 0.6) is 0 Å². The molecule has 1 amide bonds. The van der Waals surface area contributed by atoms with Crippen molar-refractivity contribution in [1.29, 1.82) is 0 Å². The van der Waals surface area contributed by atoms with Gasteiger partial charge in [-0.05, 0) is 19.9 Å². The minimum atomic E-state index is -0.322. The summed E-state index contributed by atoms with van der Waals surface area (Å²) in [5.74, 6) is -0.0786. The van der Waals surface area contributed by atoms with Gasteiger partial charge in [0.05, 0.1) is 5.92 Å². The molecule has 1 heterocycles. The van der Waals surface area contributed by atoms with E-state index in [-0.39, 0.29) is 17.6 Å². The zero-order valence-electron chi connectivity index (χ0n) is 9.95. The average molecular weight is 224 g/mol. The monoisotopic (exact) mass is 224 g/mol. The minimum Gasteiger partial charge on any atom is -0.340 e. The van der Waals surface area contributed by atoms with Crippen LogP contribution < -0.4 is 0 Å². The Morgan fingerprint density at radius 2 is 1.88 bits per heavy atom. The van der Waals surface area contributed by atoms with E-state index in [0.29, 0.717) is 6.42 Å². The van der Waals surface area contributed by atoms with Crippen LogP contribution in [0.2, 0.25) is 0 Å². The van der Waals surface area contributed by atoms with E-state index in [4.69, 9.17) is 0 Å². The number of piperazine rings is 1. The van der Waals surface area contributed by atoms with E-state index < -0.39 is 0 Å². The van der Waals surface area contributed by atoms with Gasteiger partial charge in [-0.15, -0.1) is 0 Å². The second-order valence-electron chi connectivity index (χ2n) is 4.89. The first-order valence-corrected chi connectivity index (χ1v) is 6.18. The molecule has 1 aliphatic carbocycles. The highest BCUT2D eigenvalue weighted by Gasteiger charge is 2.32. The molecule has 2 aliphatic rings. The van der Waals surface area contributed by atoms with Gasteiger partial charge in [0.1, 0.15) is 5.78 Å². The van der Waals surface area contributed by atoms with Crippen LogP contribution in [0.3, 0.4) is 0 Å². The maximum atomic E-state index is 12.2. The Bertz CT molecular complexity index is 283. The van der Waals surface area contributed by atoms with Gasteiger partial charge in [-0.25, -0.2) is 0 Å². The maximum absolute atomic E-state index is 12.2. The normalized spacial score (nSPS) is 28.2. The molecule has 1 saturated heterocycles. The number of nitrogens with zero attached hydrogens (tertiary/aromatic N) is 2. The van der Waals surface area contributed by atoms with Crippen molar-refractivity contribution < 1.29 is 9.59 Å². The highest BCUT2D eigenvalue weighted by molar-refractivity contribution is 6.01. The Kier molecular flexibility index (Phi) is 3.59. The highest BCUT2D eigenvalue weighted by atomic mass is 16.2. The first-order chi connectivity index (χ1) is 7.68. The number of hydrogen-bond donors (Lipinski definition) is 0. The summed E-state index contributed by atoms with van der Waals surface area (Å²) in [5, 5.41) is 0. The van der Waals surface area contributed by atoms with Gasteiger partial charge in [-0.1, -0.05) is 6.42 Å². The minimum absolute atomic E-state index is 0.0813. The summed E-state index contributed by atoms with van der Waals surface area (Å²) in [5.41, 5.74) is 0. The topological polar surface area (TPSA) is 40.6 Å². The Hall–Kier alpha value is -0.900. The molecule has 0 aromatic carbocycles. The van der Waals surface area contributed by atoms with E-state index in [9.17, 15) is 9.59 Å². The molecule has 16 heavy (non-hydrogen) atoms. The molecule has 1 saturated carbocycles. The van der Waals surface area contributed by atoms with Crippen LogP contribution in [0.1, 0.15) is 25.7 Å². The zero-order valence-corrected chi connectivity index (χ0v) is 9.95. The van der Waals surface area contributed by atoms with E-state index in [1.165, 1.54) is 0 Å². The standard InChI is InChI=1S/C12H20N2O2/c1-13-6-8-14(9-7-13)12(16)10-4-2-3-5-11(10)15/h10H,2-9H2,1H3. The Balaban J connectivity index is 1.93. The molecule has 0 aromatic rings. The van der Waals surface area contributed by atoms with Gasteiger partial charge in [0.25, 0.3) is 0 Å². The molecular formula is C12H20N2O2. The number of amides is 1. The molecular weight excluding hydrogens is 204 g/mol. The van der Waals surface area contributed by atoms with Crippen molar-refractivity contribution >= 4 is 11.7 Å². The van der Waals surface area contributed by atoms with Crippen LogP contribution in [0.4, 0.5) is 0 Å².